The number of ether oxygens (including phenoxy) is 2. The predicted octanol–water partition coefficient (Wildman–Crippen LogP) is 3.48. The fourth-order valence-corrected chi connectivity index (χ4v) is 4.09. The van der Waals surface area contributed by atoms with E-state index in [1.807, 2.05) is 0 Å². The normalized spacial score (nSPS) is 11.7. The number of aromatic nitrogens is 2. The molecule has 4 rings (SSSR count). The number of Topliss-reactive ketones (excluding diaryl/α,β-unsaturated/α-hetero) is 1. The first-order valence-corrected chi connectivity index (χ1v) is 10.8. The Bertz CT molecular complexity index is 1410. The summed E-state index contributed by atoms with van der Waals surface area (Å²) in [5.74, 6) is -2.11. The number of halogens is 1. The molecule has 0 fully saturated rings. The standard InChI is InChI=1S/C25H19FN2O5S/c1-32-17-7-4-15(5-8-17)24(29)18(11-14-3-10-22(33-2)19(26)12-14)23(25(30)31)16-6-9-20-21(13-16)28-34-27-20/h3-10,12-13H,11H2,1-2H3,(H,30,31)/p-1/b23-18-. The molecule has 1 aromatic heterocycles. The third-order valence-corrected chi connectivity index (χ3v) is 5.83. The van der Waals surface area contributed by atoms with Gasteiger partial charge in [0.05, 0.1) is 31.9 Å². The van der Waals surface area contributed by atoms with Crippen LogP contribution in [0, 0.1) is 5.82 Å². The van der Waals surface area contributed by atoms with Crippen molar-refractivity contribution in [3.63, 3.8) is 0 Å². The zero-order valence-corrected chi connectivity index (χ0v) is 19.0. The number of fused-ring (bicyclic) bond motifs is 1. The average Bonchev–Trinajstić information content (AvgIpc) is 3.31. The number of aliphatic carboxylic acids is 1. The zero-order chi connectivity index (χ0) is 24.2. The van der Waals surface area contributed by atoms with Gasteiger partial charge in [0, 0.05) is 23.1 Å². The molecular formula is C25H18FN2O5S-. The number of carboxylic acid groups (broad SMARTS) is 1. The Labute approximate surface area is 198 Å². The fourth-order valence-electron chi connectivity index (χ4n) is 3.58. The molecule has 0 spiro atoms. The van der Waals surface area contributed by atoms with Crippen LogP contribution in [0.1, 0.15) is 21.5 Å². The molecule has 0 aliphatic carbocycles. The van der Waals surface area contributed by atoms with E-state index in [0.717, 1.165) is 11.7 Å². The molecule has 0 unspecified atom stereocenters. The summed E-state index contributed by atoms with van der Waals surface area (Å²) in [7, 11) is 2.84. The minimum absolute atomic E-state index is 0.0392. The molecule has 1 heterocycles. The summed E-state index contributed by atoms with van der Waals surface area (Å²) in [4.78, 5) is 25.9. The van der Waals surface area contributed by atoms with Crippen molar-refractivity contribution in [2.24, 2.45) is 0 Å². The van der Waals surface area contributed by atoms with E-state index in [9.17, 15) is 19.1 Å². The quantitative estimate of drug-likeness (QED) is 0.283. The molecule has 7 nitrogen and oxygen atoms in total. The Balaban J connectivity index is 1.89. The molecule has 0 atom stereocenters. The number of hydrogen-bond donors (Lipinski definition) is 0. The van der Waals surface area contributed by atoms with Crippen LogP contribution in [-0.4, -0.2) is 34.7 Å². The minimum Gasteiger partial charge on any atom is -0.545 e. The highest BCUT2D eigenvalue weighted by molar-refractivity contribution is 7.00. The van der Waals surface area contributed by atoms with Crippen LogP contribution in [0.2, 0.25) is 0 Å². The van der Waals surface area contributed by atoms with Crippen molar-refractivity contribution in [1.29, 1.82) is 0 Å². The van der Waals surface area contributed by atoms with Crippen LogP contribution in [-0.2, 0) is 11.2 Å². The van der Waals surface area contributed by atoms with Crippen LogP contribution in [0.15, 0.2) is 66.2 Å². The predicted molar refractivity (Wildman–Crippen MR) is 123 cm³/mol. The van der Waals surface area contributed by atoms with E-state index >= 15 is 0 Å². The number of methoxy groups -OCH3 is 2. The van der Waals surface area contributed by atoms with E-state index in [-0.39, 0.29) is 34.4 Å². The summed E-state index contributed by atoms with van der Waals surface area (Å²) < 4.78 is 32.7. The van der Waals surface area contributed by atoms with Gasteiger partial charge in [0.2, 0.25) is 0 Å². The number of allylic oxidation sites excluding steroid dienone is 1. The zero-order valence-electron chi connectivity index (χ0n) is 18.2. The smallest absolute Gasteiger partial charge is 0.190 e. The summed E-state index contributed by atoms with van der Waals surface area (Å²) in [6, 6.07) is 15.2. The molecule has 34 heavy (non-hydrogen) atoms. The maximum Gasteiger partial charge on any atom is 0.190 e. The number of nitrogens with zero attached hydrogens (tertiary/aromatic N) is 2. The number of carbonyl (C=O) groups is 2. The third kappa shape index (κ3) is 4.65. The Morgan fingerprint density at radius 1 is 0.912 bits per heavy atom. The monoisotopic (exact) mass is 477 g/mol. The summed E-state index contributed by atoms with van der Waals surface area (Å²) in [5.41, 5.74) is 1.63. The summed E-state index contributed by atoms with van der Waals surface area (Å²) in [6.45, 7) is 0. The van der Waals surface area contributed by atoms with Crippen molar-refractivity contribution in [2.75, 3.05) is 14.2 Å². The maximum atomic E-state index is 14.3. The van der Waals surface area contributed by atoms with Crippen molar-refractivity contribution < 1.29 is 28.6 Å². The molecule has 0 saturated heterocycles. The van der Waals surface area contributed by atoms with Crippen LogP contribution in [0.4, 0.5) is 4.39 Å². The van der Waals surface area contributed by atoms with Gasteiger partial charge in [-0.05, 0) is 59.7 Å². The highest BCUT2D eigenvalue weighted by atomic mass is 32.1. The number of ketones is 1. The lowest BCUT2D eigenvalue weighted by Gasteiger charge is -2.17. The fraction of sp³-hybridized carbons (Fsp3) is 0.120. The van der Waals surface area contributed by atoms with E-state index in [1.54, 1.807) is 36.4 Å². The van der Waals surface area contributed by atoms with Crippen molar-refractivity contribution >= 4 is 40.1 Å². The van der Waals surface area contributed by atoms with Crippen LogP contribution in [0.5, 0.6) is 11.5 Å². The number of hydrogen-bond acceptors (Lipinski definition) is 8. The summed E-state index contributed by atoms with van der Waals surface area (Å²) in [6.07, 6.45) is -0.150. The molecule has 0 N–H and O–H groups in total. The Hall–Kier alpha value is -4.11. The highest BCUT2D eigenvalue weighted by Gasteiger charge is 2.21. The molecule has 3 aromatic carbocycles. The van der Waals surface area contributed by atoms with Crippen molar-refractivity contribution in [3.05, 3.63) is 88.7 Å². The topological polar surface area (TPSA) is 101 Å². The van der Waals surface area contributed by atoms with Gasteiger partial charge in [0.25, 0.3) is 0 Å². The summed E-state index contributed by atoms with van der Waals surface area (Å²) >= 11 is 0.993. The second-order valence-electron chi connectivity index (χ2n) is 7.31. The molecule has 9 heteroatoms. The molecule has 0 radical (unpaired) electrons. The SMILES string of the molecule is COc1ccc(C(=O)/C(Cc2ccc(OC)c(F)c2)=C(\C(=O)[O-])c2ccc3nsnc3c2)cc1. The minimum atomic E-state index is -1.53. The largest absolute Gasteiger partial charge is 0.545 e. The molecule has 0 amide bonds. The summed E-state index contributed by atoms with van der Waals surface area (Å²) in [5, 5.41) is 12.3. The van der Waals surface area contributed by atoms with Crippen molar-refractivity contribution in [1.82, 2.24) is 8.75 Å². The third-order valence-electron chi connectivity index (χ3n) is 5.27. The van der Waals surface area contributed by atoms with Gasteiger partial charge >= 0.3 is 0 Å². The Morgan fingerprint density at radius 3 is 2.26 bits per heavy atom. The first-order valence-electron chi connectivity index (χ1n) is 10.1. The number of rotatable bonds is 8. The molecular weight excluding hydrogens is 459 g/mol. The number of carboxylic acids is 1. The van der Waals surface area contributed by atoms with Gasteiger partial charge in [-0.1, -0.05) is 12.1 Å². The van der Waals surface area contributed by atoms with E-state index < -0.39 is 17.6 Å². The van der Waals surface area contributed by atoms with Gasteiger partial charge < -0.3 is 19.4 Å². The van der Waals surface area contributed by atoms with Gasteiger partial charge in [0.1, 0.15) is 16.8 Å². The van der Waals surface area contributed by atoms with E-state index in [1.165, 1.54) is 38.5 Å². The van der Waals surface area contributed by atoms with E-state index in [2.05, 4.69) is 8.75 Å². The molecule has 0 bridgehead atoms. The first-order chi connectivity index (χ1) is 16.4. The first kappa shape index (κ1) is 23.1. The molecule has 0 saturated carbocycles. The van der Waals surface area contributed by atoms with E-state index in [4.69, 9.17) is 9.47 Å². The lowest BCUT2D eigenvalue weighted by atomic mass is 9.89. The van der Waals surface area contributed by atoms with Gasteiger partial charge in [-0.15, -0.1) is 0 Å². The lowest BCUT2D eigenvalue weighted by Crippen LogP contribution is -2.27. The van der Waals surface area contributed by atoms with E-state index in [0.29, 0.717) is 22.3 Å². The maximum absolute atomic E-state index is 14.3. The number of benzene rings is 3. The van der Waals surface area contributed by atoms with Gasteiger partial charge in [-0.25, -0.2) is 4.39 Å². The van der Waals surface area contributed by atoms with Gasteiger partial charge in [0.15, 0.2) is 17.3 Å². The highest BCUT2D eigenvalue weighted by Crippen LogP contribution is 2.29. The Morgan fingerprint density at radius 2 is 1.62 bits per heavy atom. The molecule has 0 aliphatic heterocycles. The molecule has 172 valence electrons. The molecule has 4 aromatic rings. The van der Waals surface area contributed by atoms with Crippen LogP contribution >= 0.6 is 11.7 Å². The second-order valence-corrected chi connectivity index (χ2v) is 7.84. The lowest BCUT2D eigenvalue weighted by molar-refractivity contribution is -0.295. The van der Waals surface area contributed by atoms with Crippen LogP contribution < -0.4 is 14.6 Å². The number of carbonyl (C=O) groups excluding carboxylic acids is 2. The van der Waals surface area contributed by atoms with Gasteiger partial charge in [-0.2, -0.15) is 8.75 Å². The molecule has 0 aliphatic rings. The Kier molecular flexibility index (Phi) is 6.65. The van der Waals surface area contributed by atoms with Crippen molar-refractivity contribution in [3.8, 4) is 11.5 Å². The van der Waals surface area contributed by atoms with Crippen LogP contribution in [0.25, 0.3) is 16.6 Å². The van der Waals surface area contributed by atoms with Crippen LogP contribution in [0.3, 0.4) is 0 Å². The van der Waals surface area contributed by atoms with Gasteiger partial charge in [-0.3, -0.25) is 4.79 Å². The average molecular weight is 477 g/mol. The van der Waals surface area contributed by atoms with Crippen molar-refractivity contribution in [2.45, 2.75) is 6.42 Å². The second kappa shape index (κ2) is 9.80.